The van der Waals surface area contributed by atoms with Gasteiger partial charge in [-0.05, 0) is 70.6 Å². The average Bonchev–Trinajstić information content (AvgIpc) is 3.11. The summed E-state index contributed by atoms with van der Waals surface area (Å²) in [6.45, 7) is 3.66. The molecule has 0 aromatic rings. The molecule has 0 rings (SSSR count). The third kappa shape index (κ3) is 41.0. The van der Waals surface area contributed by atoms with Gasteiger partial charge >= 0.3 is 19.8 Å². The van der Waals surface area contributed by atoms with Crippen molar-refractivity contribution in [2.75, 3.05) is 13.2 Å². The van der Waals surface area contributed by atoms with E-state index in [-0.39, 0.29) is 19.4 Å². The van der Waals surface area contributed by atoms with E-state index in [0.717, 1.165) is 57.8 Å². The van der Waals surface area contributed by atoms with Crippen LogP contribution in [0.4, 0.5) is 0 Å². The van der Waals surface area contributed by atoms with Crippen molar-refractivity contribution in [1.29, 1.82) is 0 Å². The number of unbranched alkanes of at least 4 members (excludes halogenated alkanes) is 23. The van der Waals surface area contributed by atoms with Crippen LogP contribution in [-0.4, -0.2) is 41.0 Å². The van der Waals surface area contributed by atoms with Crippen LogP contribution in [0, 0.1) is 0 Å². The van der Waals surface area contributed by atoms with Gasteiger partial charge in [-0.25, -0.2) is 4.57 Å². The van der Waals surface area contributed by atoms with Crippen molar-refractivity contribution in [3.8, 4) is 0 Å². The van der Waals surface area contributed by atoms with Crippen molar-refractivity contribution in [2.24, 2.45) is 0 Å². The lowest BCUT2D eigenvalue weighted by Crippen LogP contribution is -2.29. The fraction of sp³-hybridized carbons (Fsp3) is 0.814. The molecule has 0 amide bonds. The molecule has 9 heteroatoms. The molecule has 0 bridgehead atoms. The van der Waals surface area contributed by atoms with Gasteiger partial charge in [0.25, 0.3) is 0 Å². The van der Waals surface area contributed by atoms with Crippen molar-refractivity contribution in [2.45, 2.75) is 213 Å². The summed E-state index contributed by atoms with van der Waals surface area (Å²) in [6.07, 6.45) is 45.7. The molecule has 1 atom stereocenters. The second kappa shape index (κ2) is 39.0. The summed E-state index contributed by atoms with van der Waals surface area (Å²) >= 11 is 0. The van der Waals surface area contributed by atoms with Crippen molar-refractivity contribution in [1.82, 2.24) is 0 Å². The van der Waals surface area contributed by atoms with Crippen LogP contribution in [0.2, 0.25) is 0 Å². The number of carbonyl (C=O) groups is 2. The van der Waals surface area contributed by atoms with E-state index >= 15 is 0 Å². The molecule has 2 N–H and O–H groups in total. The Labute approximate surface area is 319 Å². The number of hydrogen-bond acceptors (Lipinski definition) is 6. The molecule has 304 valence electrons. The first-order chi connectivity index (χ1) is 25.3. The predicted molar refractivity (Wildman–Crippen MR) is 216 cm³/mol. The standard InChI is InChI=1S/C43H79O8P/c1-3-5-7-9-11-13-15-17-19-21-23-25-27-29-31-33-35-37-42(44)49-39-41(40-50-52(46,47)48)51-43(45)38-36-34-32-30-28-26-24-22-20-18-16-14-12-10-8-6-4-2/h11,13,17-20,41H,3-10,12,14-16,21-40H2,1-2H3,(H2,46,47,48)/b13-11+,19-17+,20-18+/t41-/m1/s1. The molecule has 0 heterocycles. The maximum absolute atomic E-state index is 12.4. The van der Waals surface area contributed by atoms with Gasteiger partial charge in [0.05, 0.1) is 6.61 Å². The highest BCUT2D eigenvalue weighted by atomic mass is 31.2. The molecule has 0 radical (unpaired) electrons. The van der Waals surface area contributed by atoms with E-state index in [0.29, 0.717) is 12.8 Å². The lowest BCUT2D eigenvalue weighted by molar-refractivity contribution is -0.161. The average molecular weight is 755 g/mol. The minimum Gasteiger partial charge on any atom is -0.462 e. The predicted octanol–water partition coefficient (Wildman–Crippen LogP) is 13.0. The van der Waals surface area contributed by atoms with Gasteiger partial charge in [-0.1, -0.05) is 159 Å². The quantitative estimate of drug-likeness (QED) is 0.0275. The smallest absolute Gasteiger partial charge is 0.462 e. The summed E-state index contributed by atoms with van der Waals surface area (Å²) in [5, 5.41) is 0. The van der Waals surface area contributed by atoms with Gasteiger partial charge in [0.2, 0.25) is 0 Å². The molecule has 0 aromatic heterocycles. The first kappa shape index (κ1) is 50.3. The molecule has 52 heavy (non-hydrogen) atoms. The second-order valence-electron chi connectivity index (χ2n) is 14.3. The highest BCUT2D eigenvalue weighted by molar-refractivity contribution is 7.46. The molecule has 0 aliphatic carbocycles. The Hall–Kier alpha value is -1.73. The van der Waals surface area contributed by atoms with E-state index < -0.39 is 32.5 Å². The zero-order valence-electron chi connectivity index (χ0n) is 33.5. The topological polar surface area (TPSA) is 119 Å². The van der Waals surface area contributed by atoms with E-state index in [2.05, 4.69) is 54.8 Å². The Morgan fingerprint density at radius 3 is 1.33 bits per heavy atom. The van der Waals surface area contributed by atoms with Gasteiger partial charge < -0.3 is 19.3 Å². The summed E-state index contributed by atoms with van der Waals surface area (Å²) in [6, 6.07) is 0. The number of carbonyl (C=O) groups excluding carboxylic acids is 2. The first-order valence-electron chi connectivity index (χ1n) is 21.3. The van der Waals surface area contributed by atoms with Crippen molar-refractivity contribution in [3.63, 3.8) is 0 Å². The number of phosphoric ester groups is 1. The van der Waals surface area contributed by atoms with Crippen LogP contribution >= 0.6 is 7.82 Å². The summed E-state index contributed by atoms with van der Waals surface area (Å²) in [7, 11) is -4.76. The maximum atomic E-state index is 12.4. The van der Waals surface area contributed by atoms with Crippen molar-refractivity contribution in [3.05, 3.63) is 36.5 Å². The SMILES string of the molecule is CCCCC/C=C/C/C=C/CCCCCCCCCC(=O)OC[C@H](COP(=O)(O)O)OC(=O)CCCCCCCCC/C=C/CCCCCCCC. The molecule has 0 aliphatic heterocycles. The number of allylic oxidation sites excluding steroid dienone is 6. The maximum Gasteiger partial charge on any atom is 0.469 e. The molecule has 0 spiro atoms. The fourth-order valence-corrected chi connectivity index (χ4v) is 6.29. The molecule has 0 saturated carbocycles. The Bertz CT molecular complexity index is 941. The fourth-order valence-electron chi connectivity index (χ4n) is 5.93. The molecule has 8 nitrogen and oxygen atoms in total. The minimum atomic E-state index is -4.76. The van der Waals surface area contributed by atoms with Crippen LogP contribution in [0.5, 0.6) is 0 Å². The molecule has 0 saturated heterocycles. The van der Waals surface area contributed by atoms with Gasteiger partial charge in [0.15, 0.2) is 6.10 Å². The second-order valence-corrected chi connectivity index (χ2v) is 15.5. The Balaban J connectivity index is 3.92. The number of ether oxygens (including phenoxy) is 2. The van der Waals surface area contributed by atoms with E-state index in [1.54, 1.807) is 0 Å². The lowest BCUT2D eigenvalue weighted by atomic mass is 10.1. The summed E-state index contributed by atoms with van der Waals surface area (Å²) < 4.78 is 26.4. The van der Waals surface area contributed by atoms with Gasteiger partial charge in [0.1, 0.15) is 6.61 Å². The van der Waals surface area contributed by atoms with Crippen LogP contribution in [0.3, 0.4) is 0 Å². The normalized spacial score (nSPS) is 12.8. The van der Waals surface area contributed by atoms with E-state index in [1.807, 2.05) is 0 Å². The Morgan fingerprint density at radius 1 is 0.500 bits per heavy atom. The zero-order chi connectivity index (χ0) is 38.2. The summed E-state index contributed by atoms with van der Waals surface area (Å²) in [5.74, 6) is -0.895. The highest BCUT2D eigenvalue weighted by Crippen LogP contribution is 2.36. The molecule has 0 fully saturated rings. The number of phosphoric acid groups is 1. The van der Waals surface area contributed by atoms with Gasteiger partial charge in [-0.2, -0.15) is 0 Å². The van der Waals surface area contributed by atoms with Gasteiger partial charge in [0, 0.05) is 12.8 Å². The van der Waals surface area contributed by atoms with Crippen LogP contribution in [-0.2, 0) is 28.2 Å². The van der Waals surface area contributed by atoms with Crippen molar-refractivity contribution >= 4 is 19.8 Å². The Kier molecular flexibility index (Phi) is 37.7. The first-order valence-corrected chi connectivity index (χ1v) is 22.8. The van der Waals surface area contributed by atoms with Crippen LogP contribution < -0.4 is 0 Å². The van der Waals surface area contributed by atoms with Crippen LogP contribution in [0.15, 0.2) is 36.5 Å². The van der Waals surface area contributed by atoms with Gasteiger partial charge in [-0.15, -0.1) is 0 Å². The van der Waals surface area contributed by atoms with Crippen LogP contribution in [0.1, 0.15) is 206 Å². The van der Waals surface area contributed by atoms with Gasteiger partial charge in [-0.3, -0.25) is 14.1 Å². The van der Waals surface area contributed by atoms with Crippen molar-refractivity contribution < 1.29 is 37.9 Å². The molecule has 0 aromatic carbocycles. The minimum absolute atomic E-state index is 0.206. The third-order valence-corrected chi connectivity index (χ3v) is 9.62. The van der Waals surface area contributed by atoms with E-state index in [4.69, 9.17) is 19.3 Å². The highest BCUT2D eigenvalue weighted by Gasteiger charge is 2.22. The molecule has 0 unspecified atom stereocenters. The monoisotopic (exact) mass is 755 g/mol. The summed E-state index contributed by atoms with van der Waals surface area (Å²) in [4.78, 5) is 42.9. The van der Waals surface area contributed by atoms with E-state index in [9.17, 15) is 14.2 Å². The molecular formula is C43H79O8P. The third-order valence-electron chi connectivity index (χ3n) is 9.13. The number of hydrogen-bond donors (Lipinski definition) is 2. The lowest BCUT2D eigenvalue weighted by Gasteiger charge is -2.18. The molecular weight excluding hydrogens is 675 g/mol. The largest absolute Gasteiger partial charge is 0.469 e. The Morgan fingerprint density at radius 2 is 0.865 bits per heavy atom. The number of rotatable bonds is 39. The zero-order valence-corrected chi connectivity index (χ0v) is 34.4. The van der Waals surface area contributed by atoms with Crippen LogP contribution in [0.25, 0.3) is 0 Å². The number of esters is 2. The summed E-state index contributed by atoms with van der Waals surface area (Å²) in [5.41, 5.74) is 0. The van der Waals surface area contributed by atoms with E-state index in [1.165, 1.54) is 109 Å². The molecule has 0 aliphatic rings.